The number of primary amides is 1. The van der Waals surface area contributed by atoms with Crippen LogP contribution in [0.2, 0.25) is 0 Å². The topological polar surface area (TPSA) is 89.4 Å². The first-order valence-corrected chi connectivity index (χ1v) is 5.93. The average molecular weight is 267 g/mol. The Morgan fingerprint density at radius 2 is 1.95 bits per heavy atom. The third-order valence-electron chi connectivity index (χ3n) is 2.39. The lowest BCUT2D eigenvalue weighted by molar-refractivity contribution is -0.118. The van der Waals surface area contributed by atoms with Crippen molar-refractivity contribution in [2.24, 2.45) is 11.7 Å². The maximum atomic E-state index is 13.2. The largest absolute Gasteiger partial charge is 0.399 e. The molecule has 0 unspecified atom stereocenters. The third-order valence-corrected chi connectivity index (χ3v) is 2.39. The molecule has 4 N–H and O–H groups in total. The van der Waals surface area contributed by atoms with E-state index < -0.39 is 17.6 Å². The number of carbonyl (C=O) groups is 2. The van der Waals surface area contributed by atoms with E-state index in [1.165, 1.54) is 11.0 Å². The van der Waals surface area contributed by atoms with E-state index in [0.29, 0.717) is 6.54 Å². The molecule has 0 bridgehead atoms. The number of rotatable bonds is 5. The highest BCUT2D eigenvalue weighted by Gasteiger charge is 2.19. The zero-order valence-corrected chi connectivity index (χ0v) is 11.0. The van der Waals surface area contributed by atoms with Crippen LogP contribution in [0.1, 0.15) is 24.2 Å². The Labute approximate surface area is 111 Å². The highest BCUT2D eigenvalue weighted by molar-refractivity contribution is 5.97. The van der Waals surface area contributed by atoms with Crippen molar-refractivity contribution >= 4 is 17.5 Å². The molecule has 6 heteroatoms. The van der Waals surface area contributed by atoms with Crippen LogP contribution in [0.4, 0.5) is 10.1 Å². The van der Waals surface area contributed by atoms with Crippen molar-refractivity contribution in [1.82, 2.24) is 4.90 Å². The molecule has 104 valence electrons. The maximum Gasteiger partial charge on any atom is 0.254 e. The van der Waals surface area contributed by atoms with E-state index in [-0.39, 0.29) is 23.7 Å². The number of hydrogen-bond donors (Lipinski definition) is 2. The normalized spacial score (nSPS) is 10.5. The molecule has 19 heavy (non-hydrogen) atoms. The van der Waals surface area contributed by atoms with Crippen LogP contribution in [-0.2, 0) is 4.79 Å². The van der Waals surface area contributed by atoms with Crippen molar-refractivity contribution in [2.75, 3.05) is 18.8 Å². The van der Waals surface area contributed by atoms with Gasteiger partial charge in [0.2, 0.25) is 5.91 Å². The van der Waals surface area contributed by atoms with E-state index in [4.69, 9.17) is 11.5 Å². The Morgan fingerprint density at radius 3 is 2.42 bits per heavy atom. The van der Waals surface area contributed by atoms with E-state index in [1.54, 1.807) is 0 Å². The predicted octanol–water partition coefficient (Wildman–Crippen LogP) is 0.991. The summed E-state index contributed by atoms with van der Waals surface area (Å²) in [5, 5.41) is 0. The van der Waals surface area contributed by atoms with Crippen LogP contribution < -0.4 is 11.5 Å². The van der Waals surface area contributed by atoms with E-state index in [2.05, 4.69) is 0 Å². The van der Waals surface area contributed by atoms with Crippen LogP contribution in [0.25, 0.3) is 0 Å². The highest BCUT2D eigenvalue weighted by atomic mass is 19.1. The van der Waals surface area contributed by atoms with Gasteiger partial charge in [0.1, 0.15) is 5.82 Å². The maximum absolute atomic E-state index is 13.2. The summed E-state index contributed by atoms with van der Waals surface area (Å²) < 4.78 is 13.2. The molecule has 0 heterocycles. The molecular formula is C13H18FN3O2. The fourth-order valence-corrected chi connectivity index (χ4v) is 1.77. The number of anilines is 1. The molecule has 0 saturated carbocycles. The smallest absolute Gasteiger partial charge is 0.254 e. The Kier molecular flexibility index (Phi) is 4.86. The van der Waals surface area contributed by atoms with Crippen LogP contribution in [0.3, 0.4) is 0 Å². The van der Waals surface area contributed by atoms with Gasteiger partial charge in [-0.1, -0.05) is 13.8 Å². The van der Waals surface area contributed by atoms with E-state index >= 15 is 0 Å². The number of halogens is 1. The van der Waals surface area contributed by atoms with Gasteiger partial charge < -0.3 is 16.4 Å². The minimum absolute atomic E-state index is 0.111. The number of hydrogen-bond acceptors (Lipinski definition) is 3. The molecule has 0 aliphatic carbocycles. The molecule has 2 amide bonds. The number of nitrogens with zero attached hydrogens (tertiary/aromatic N) is 1. The van der Waals surface area contributed by atoms with Gasteiger partial charge in [0.05, 0.1) is 6.54 Å². The van der Waals surface area contributed by atoms with Gasteiger partial charge in [0.25, 0.3) is 5.91 Å². The monoisotopic (exact) mass is 267 g/mol. The van der Waals surface area contributed by atoms with E-state index in [0.717, 1.165) is 12.1 Å². The molecule has 1 aromatic carbocycles. The van der Waals surface area contributed by atoms with Crippen molar-refractivity contribution in [3.8, 4) is 0 Å². The quantitative estimate of drug-likeness (QED) is 0.780. The summed E-state index contributed by atoms with van der Waals surface area (Å²) in [6, 6.07) is 3.59. The van der Waals surface area contributed by atoms with E-state index in [1.807, 2.05) is 13.8 Å². The van der Waals surface area contributed by atoms with Crippen LogP contribution in [0.5, 0.6) is 0 Å². The highest BCUT2D eigenvalue weighted by Crippen LogP contribution is 2.14. The average Bonchev–Trinajstić information content (AvgIpc) is 2.24. The first-order valence-electron chi connectivity index (χ1n) is 5.93. The number of benzene rings is 1. The molecule has 5 nitrogen and oxygen atoms in total. The molecule has 0 aliphatic rings. The lowest BCUT2D eigenvalue weighted by atomic mass is 10.1. The number of nitrogens with two attached hydrogens (primary N) is 2. The fourth-order valence-electron chi connectivity index (χ4n) is 1.77. The van der Waals surface area contributed by atoms with Crippen molar-refractivity contribution in [2.45, 2.75) is 13.8 Å². The summed E-state index contributed by atoms with van der Waals surface area (Å²) in [5.41, 5.74) is 10.9. The second-order valence-corrected chi connectivity index (χ2v) is 4.82. The van der Waals surface area contributed by atoms with Crippen LogP contribution in [-0.4, -0.2) is 29.8 Å². The minimum Gasteiger partial charge on any atom is -0.399 e. The fraction of sp³-hybridized carbons (Fsp3) is 0.385. The summed E-state index contributed by atoms with van der Waals surface area (Å²) in [6.07, 6.45) is 0. The Balaban J connectivity index is 3.00. The van der Waals surface area contributed by atoms with Crippen molar-refractivity contribution < 1.29 is 14.0 Å². The molecule has 0 aliphatic heterocycles. The van der Waals surface area contributed by atoms with Crippen molar-refractivity contribution in [3.05, 3.63) is 29.6 Å². The van der Waals surface area contributed by atoms with Gasteiger partial charge in [-0.3, -0.25) is 9.59 Å². The lowest BCUT2D eigenvalue weighted by Gasteiger charge is -2.23. The second-order valence-electron chi connectivity index (χ2n) is 4.82. The summed E-state index contributed by atoms with van der Waals surface area (Å²) in [7, 11) is 0. The summed E-state index contributed by atoms with van der Waals surface area (Å²) in [6.45, 7) is 3.97. The first-order chi connectivity index (χ1) is 8.79. The van der Waals surface area contributed by atoms with Gasteiger partial charge in [-0.05, 0) is 24.1 Å². The number of carbonyl (C=O) groups excluding carboxylic acids is 2. The Hall–Kier alpha value is -2.11. The minimum atomic E-state index is -0.613. The molecule has 0 radical (unpaired) electrons. The second kappa shape index (κ2) is 6.17. The number of nitrogen functional groups attached to an aromatic ring is 1. The summed E-state index contributed by atoms with van der Waals surface area (Å²) >= 11 is 0. The Bertz CT molecular complexity index is 469. The molecule has 0 spiro atoms. The van der Waals surface area contributed by atoms with Crippen LogP contribution >= 0.6 is 0 Å². The summed E-state index contributed by atoms with van der Waals surface area (Å²) in [4.78, 5) is 24.5. The Morgan fingerprint density at radius 1 is 1.32 bits per heavy atom. The van der Waals surface area contributed by atoms with Gasteiger partial charge >= 0.3 is 0 Å². The third kappa shape index (κ3) is 4.57. The van der Waals surface area contributed by atoms with Crippen molar-refractivity contribution in [3.63, 3.8) is 0 Å². The van der Waals surface area contributed by atoms with Gasteiger partial charge in [0.15, 0.2) is 0 Å². The standard InChI is InChI=1S/C13H18FN3O2/c1-8(2)6-17(7-12(16)18)13(19)9-3-10(14)5-11(15)4-9/h3-5,8H,6-7,15H2,1-2H3,(H2,16,18). The zero-order chi connectivity index (χ0) is 14.6. The molecule has 0 aromatic heterocycles. The molecular weight excluding hydrogens is 249 g/mol. The molecule has 0 saturated heterocycles. The van der Waals surface area contributed by atoms with Gasteiger partial charge in [-0.2, -0.15) is 0 Å². The molecule has 0 atom stereocenters. The van der Waals surface area contributed by atoms with Gasteiger partial charge in [-0.25, -0.2) is 4.39 Å². The van der Waals surface area contributed by atoms with Crippen LogP contribution in [0.15, 0.2) is 18.2 Å². The predicted molar refractivity (Wildman–Crippen MR) is 70.7 cm³/mol. The first kappa shape index (κ1) is 14.9. The van der Waals surface area contributed by atoms with E-state index in [9.17, 15) is 14.0 Å². The molecule has 0 fully saturated rings. The van der Waals surface area contributed by atoms with Gasteiger partial charge in [0, 0.05) is 17.8 Å². The van der Waals surface area contributed by atoms with Crippen LogP contribution in [0, 0.1) is 11.7 Å². The molecule has 1 rings (SSSR count). The number of amides is 2. The SMILES string of the molecule is CC(C)CN(CC(N)=O)C(=O)c1cc(N)cc(F)c1. The summed E-state index contributed by atoms with van der Waals surface area (Å²) in [5.74, 6) is -1.50. The lowest BCUT2D eigenvalue weighted by Crippen LogP contribution is -2.40. The zero-order valence-electron chi connectivity index (χ0n) is 11.0. The van der Waals surface area contributed by atoms with Crippen molar-refractivity contribution in [1.29, 1.82) is 0 Å². The molecule has 1 aromatic rings. The van der Waals surface area contributed by atoms with Gasteiger partial charge in [-0.15, -0.1) is 0 Å².